The van der Waals surface area contributed by atoms with Gasteiger partial charge in [0.25, 0.3) is 0 Å². The van der Waals surface area contributed by atoms with Gasteiger partial charge in [0.05, 0.1) is 16.7 Å². The molecule has 4 aromatic rings. The predicted molar refractivity (Wildman–Crippen MR) is 110 cm³/mol. The Morgan fingerprint density at radius 3 is 2.71 bits per heavy atom. The lowest BCUT2D eigenvalue weighted by atomic mass is 10.1. The van der Waals surface area contributed by atoms with E-state index in [0.717, 1.165) is 46.9 Å². The Morgan fingerprint density at radius 2 is 1.93 bits per heavy atom. The number of carboxylic acids is 1. The summed E-state index contributed by atoms with van der Waals surface area (Å²) in [5.41, 5.74) is 4.48. The van der Waals surface area contributed by atoms with E-state index < -0.39 is 5.97 Å². The number of pyridine rings is 1. The van der Waals surface area contributed by atoms with Crippen molar-refractivity contribution in [2.45, 2.75) is 26.3 Å². The summed E-state index contributed by atoms with van der Waals surface area (Å²) in [4.78, 5) is 15.3. The molecule has 0 atom stereocenters. The van der Waals surface area contributed by atoms with Crippen LogP contribution in [0.2, 0.25) is 0 Å². The van der Waals surface area contributed by atoms with Gasteiger partial charge in [-0.05, 0) is 43.5 Å². The molecule has 0 fully saturated rings. The van der Waals surface area contributed by atoms with Crippen LogP contribution in [0.15, 0.2) is 60.8 Å². The fraction of sp³-hybridized carbons (Fsp3) is 0.217. The average molecular weight is 374 g/mol. The van der Waals surface area contributed by atoms with Crippen molar-refractivity contribution < 1.29 is 14.6 Å². The van der Waals surface area contributed by atoms with Gasteiger partial charge in [0, 0.05) is 29.6 Å². The highest BCUT2D eigenvalue weighted by Crippen LogP contribution is 2.33. The molecule has 28 heavy (non-hydrogen) atoms. The topological polar surface area (TPSA) is 64.3 Å². The van der Waals surface area contributed by atoms with Gasteiger partial charge in [-0.3, -0.25) is 4.98 Å². The van der Waals surface area contributed by atoms with Crippen LogP contribution in [-0.2, 0) is 17.8 Å². The van der Waals surface area contributed by atoms with Crippen LogP contribution in [0.1, 0.15) is 17.7 Å². The third-order valence-electron chi connectivity index (χ3n) is 4.98. The van der Waals surface area contributed by atoms with Crippen molar-refractivity contribution in [3.05, 3.63) is 72.1 Å². The molecule has 0 saturated heterocycles. The number of aliphatic carboxylic acids is 1. The first-order valence-electron chi connectivity index (χ1n) is 9.39. The van der Waals surface area contributed by atoms with Crippen molar-refractivity contribution in [2.24, 2.45) is 0 Å². The van der Waals surface area contributed by atoms with Crippen molar-refractivity contribution in [1.82, 2.24) is 9.55 Å². The van der Waals surface area contributed by atoms with E-state index in [1.165, 1.54) is 5.56 Å². The van der Waals surface area contributed by atoms with Crippen LogP contribution in [0.5, 0.6) is 5.75 Å². The molecular formula is C23H22N2O3. The van der Waals surface area contributed by atoms with Crippen LogP contribution in [0.25, 0.3) is 21.8 Å². The molecule has 0 aliphatic carbocycles. The molecule has 142 valence electrons. The molecule has 0 amide bonds. The minimum atomic E-state index is -0.983. The first kappa shape index (κ1) is 18.0. The van der Waals surface area contributed by atoms with Crippen LogP contribution in [-0.4, -0.2) is 27.2 Å². The highest BCUT2D eigenvalue weighted by atomic mass is 16.5. The van der Waals surface area contributed by atoms with Crippen LogP contribution in [0, 0.1) is 6.92 Å². The van der Waals surface area contributed by atoms with Crippen LogP contribution >= 0.6 is 0 Å². The van der Waals surface area contributed by atoms with E-state index in [-0.39, 0.29) is 6.61 Å². The van der Waals surface area contributed by atoms with Gasteiger partial charge >= 0.3 is 5.97 Å². The van der Waals surface area contributed by atoms with E-state index in [9.17, 15) is 4.79 Å². The fourth-order valence-corrected chi connectivity index (χ4v) is 3.75. The largest absolute Gasteiger partial charge is 0.482 e. The molecule has 4 rings (SSSR count). The molecule has 5 nitrogen and oxygen atoms in total. The lowest BCUT2D eigenvalue weighted by Gasteiger charge is -2.10. The molecule has 0 aliphatic heterocycles. The summed E-state index contributed by atoms with van der Waals surface area (Å²) >= 11 is 0. The van der Waals surface area contributed by atoms with Gasteiger partial charge in [-0.15, -0.1) is 0 Å². The Morgan fingerprint density at radius 1 is 1.11 bits per heavy atom. The predicted octanol–water partition coefficient (Wildman–Crippen LogP) is 4.59. The molecule has 0 saturated carbocycles. The quantitative estimate of drug-likeness (QED) is 0.514. The number of aromatic nitrogens is 2. The third-order valence-corrected chi connectivity index (χ3v) is 4.98. The molecule has 0 aliphatic rings. The maximum atomic E-state index is 10.8. The van der Waals surface area contributed by atoms with E-state index >= 15 is 0 Å². The molecule has 5 heteroatoms. The highest BCUT2D eigenvalue weighted by Gasteiger charge is 2.14. The molecule has 0 unspecified atom stereocenters. The smallest absolute Gasteiger partial charge is 0.341 e. The van der Waals surface area contributed by atoms with Gasteiger partial charge in [-0.1, -0.05) is 30.3 Å². The van der Waals surface area contributed by atoms with E-state index in [1.807, 2.05) is 43.5 Å². The first-order valence-corrected chi connectivity index (χ1v) is 9.39. The molecule has 0 radical (unpaired) electrons. The zero-order chi connectivity index (χ0) is 19.5. The molecule has 2 heterocycles. The summed E-state index contributed by atoms with van der Waals surface area (Å²) < 4.78 is 7.68. The second kappa shape index (κ2) is 7.72. The number of rotatable bonds is 7. The monoisotopic (exact) mass is 374 g/mol. The SMILES string of the molecule is Cc1nccc2c3ccc(OCC(=O)O)cc3n(CCCc3ccccc3)c12. The molecule has 0 bridgehead atoms. The Balaban J connectivity index is 1.72. The van der Waals surface area contributed by atoms with Gasteiger partial charge in [0.15, 0.2) is 6.61 Å². The summed E-state index contributed by atoms with van der Waals surface area (Å²) in [6, 6.07) is 18.3. The lowest BCUT2D eigenvalue weighted by Crippen LogP contribution is -2.09. The van der Waals surface area contributed by atoms with Gasteiger partial charge in [-0.25, -0.2) is 4.79 Å². The number of nitrogens with zero attached hydrogens (tertiary/aromatic N) is 2. The van der Waals surface area contributed by atoms with Crippen LogP contribution < -0.4 is 4.74 Å². The second-order valence-electron chi connectivity index (χ2n) is 6.89. The minimum Gasteiger partial charge on any atom is -0.482 e. The number of carboxylic acid groups (broad SMARTS) is 1. The van der Waals surface area contributed by atoms with Crippen LogP contribution in [0.3, 0.4) is 0 Å². The number of ether oxygens (including phenoxy) is 1. The van der Waals surface area contributed by atoms with Crippen molar-refractivity contribution in [2.75, 3.05) is 6.61 Å². The van der Waals surface area contributed by atoms with Gasteiger partial charge in [0.1, 0.15) is 5.75 Å². The van der Waals surface area contributed by atoms with E-state index in [1.54, 1.807) is 0 Å². The van der Waals surface area contributed by atoms with Crippen molar-refractivity contribution >= 4 is 27.8 Å². The maximum absolute atomic E-state index is 10.8. The number of aryl methyl sites for hydroxylation is 3. The lowest BCUT2D eigenvalue weighted by molar-refractivity contribution is -0.139. The normalized spacial score (nSPS) is 11.2. The zero-order valence-corrected chi connectivity index (χ0v) is 15.8. The standard InChI is InChI=1S/C23H22N2O3/c1-16-23-20(11-12-24-16)19-10-9-18(28-15-22(26)27)14-21(19)25(23)13-5-8-17-6-3-2-4-7-17/h2-4,6-7,9-12,14H,5,8,13,15H2,1H3,(H,26,27). The van der Waals surface area contributed by atoms with E-state index in [0.29, 0.717) is 5.75 Å². The number of benzene rings is 2. The van der Waals surface area contributed by atoms with Gasteiger partial charge in [0.2, 0.25) is 0 Å². The Bertz CT molecular complexity index is 1130. The molecular weight excluding hydrogens is 352 g/mol. The number of carbonyl (C=O) groups is 1. The summed E-state index contributed by atoms with van der Waals surface area (Å²) in [5, 5.41) is 11.2. The fourth-order valence-electron chi connectivity index (χ4n) is 3.75. The third kappa shape index (κ3) is 3.56. The average Bonchev–Trinajstić information content (AvgIpc) is 3.02. The minimum absolute atomic E-state index is 0.347. The molecule has 1 N–H and O–H groups in total. The number of hydrogen-bond acceptors (Lipinski definition) is 3. The summed E-state index contributed by atoms with van der Waals surface area (Å²) in [7, 11) is 0. The van der Waals surface area contributed by atoms with Crippen molar-refractivity contribution in [1.29, 1.82) is 0 Å². The number of fused-ring (bicyclic) bond motifs is 3. The molecule has 2 aromatic heterocycles. The zero-order valence-electron chi connectivity index (χ0n) is 15.8. The Labute approximate surface area is 163 Å². The summed E-state index contributed by atoms with van der Waals surface area (Å²) in [6.45, 7) is 2.53. The maximum Gasteiger partial charge on any atom is 0.341 e. The molecule has 2 aromatic carbocycles. The van der Waals surface area contributed by atoms with Gasteiger partial charge < -0.3 is 14.4 Å². The second-order valence-corrected chi connectivity index (χ2v) is 6.89. The first-order chi connectivity index (χ1) is 13.6. The molecule has 0 spiro atoms. The van der Waals surface area contributed by atoms with Crippen molar-refractivity contribution in [3.8, 4) is 5.75 Å². The van der Waals surface area contributed by atoms with E-state index in [2.05, 4.69) is 33.8 Å². The summed E-state index contributed by atoms with van der Waals surface area (Å²) in [6.07, 6.45) is 3.83. The van der Waals surface area contributed by atoms with Crippen molar-refractivity contribution in [3.63, 3.8) is 0 Å². The van der Waals surface area contributed by atoms with Crippen LogP contribution in [0.4, 0.5) is 0 Å². The summed E-state index contributed by atoms with van der Waals surface area (Å²) in [5.74, 6) is -0.420. The Hall–Kier alpha value is -3.34. The van der Waals surface area contributed by atoms with E-state index in [4.69, 9.17) is 9.84 Å². The van der Waals surface area contributed by atoms with Gasteiger partial charge in [-0.2, -0.15) is 0 Å². The number of hydrogen-bond donors (Lipinski definition) is 1. The Kier molecular flexibility index (Phi) is 4.98. The highest BCUT2D eigenvalue weighted by molar-refractivity contribution is 6.09.